The van der Waals surface area contributed by atoms with E-state index < -0.39 is 0 Å². The Kier molecular flexibility index (Phi) is 5.81. The van der Waals surface area contributed by atoms with Gasteiger partial charge >= 0.3 is 0 Å². The van der Waals surface area contributed by atoms with Crippen molar-refractivity contribution in [3.63, 3.8) is 0 Å². The summed E-state index contributed by atoms with van der Waals surface area (Å²) >= 11 is 0. The van der Waals surface area contributed by atoms with Crippen LogP contribution in [0, 0.1) is 5.41 Å². The largest absolute Gasteiger partial charge is 0.375 e. The lowest BCUT2D eigenvalue weighted by Gasteiger charge is -2.38. The quantitative estimate of drug-likeness (QED) is 0.791. The minimum atomic E-state index is 0.0866. The van der Waals surface area contributed by atoms with Gasteiger partial charge in [-0.05, 0) is 42.4 Å². The first-order valence-electron chi connectivity index (χ1n) is 8.56. The molecule has 1 spiro atoms. The molecule has 6 nitrogen and oxygen atoms in total. The number of hydrogen-bond donors (Lipinski definition) is 0. The Morgan fingerprint density at radius 2 is 2.12 bits per heavy atom. The second kappa shape index (κ2) is 8.05. The number of ether oxygens (including phenoxy) is 3. The summed E-state index contributed by atoms with van der Waals surface area (Å²) < 4.78 is 16.7. The van der Waals surface area contributed by atoms with Gasteiger partial charge in [0, 0.05) is 32.6 Å². The van der Waals surface area contributed by atoms with E-state index in [4.69, 9.17) is 14.2 Å². The Balaban J connectivity index is 1.40. The molecule has 2 aliphatic heterocycles. The number of piperidine rings is 1. The van der Waals surface area contributed by atoms with Gasteiger partial charge < -0.3 is 19.1 Å². The predicted molar refractivity (Wildman–Crippen MR) is 88.4 cm³/mol. The van der Waals surface area contributed by atoms with Gasteiger partial charge in [-0.3, -0.25) is 9.78 Å². The summed E-state index contributed by atoms with van der Waals surface area (Å²) in [5.74, 6) is 0.0866. The fraction of sp³-hybridized carbons (Fsp3) is 0.667. The number of carbonyl (C=O) groups is 1. The van der Waals surface area contributed by atoms with E-state index >= 15 is 0 Å². The smallest absolute Gasteiger partial charge is 0.248 e. The number of nitrogens with zero attached hydrogens (tertiary/aromatic N) is 2. The van der Waals surface area contributed by atoms with Gasteiger partial charge in [-0.15, -0.1) is 0 Å². The molecule has 1 amide bonds. The lowest BCUT2D eigenvalue weighted by molar-refractivity contribution is -0.137. The van der Waals surface area contributed by atoms with Crippen molar-refractivity contribution in [3.8, 4) is 0 Å². The van der Waals surface area contributed by atoms with E-state index in [0.717, 1.165) is 44.5 Å². The molecule has 24 heavy (non-hydrogen) atoms. The standard InChI is InChI=1S/C18H26N2O4/c1-22-13-17(21)20-8-4-18(5-9-20)10-16(24-14-18)12-23-11-15-2-6-19-7-3-15/h2-3,6-7,16H,4-5,8-14H2,1H3. The molecule has 2 aliphatic rings. The number of carbonyl (C=O) groups excluding carboxylic acids is 1. The van der Waals surface area contributed by atoms with Crippen LogP contribution in [0.15, 0.2) is 24.5 Å². The number of pyridine rings is 1. The lowest BCUT2D eigenvalue weighted by atomic mass is 9.76. The monoisotopic (exact) mass is 334 g/mol. The first-order valence-corrected chi connectivity index (χ1v) is 8.56. The Morgan fingerprint density at radius 3 is 2.83 bits per heavy atom. The van der Waals surface area contributed by atoms with Crippen molar-refractivity contribution in [1.82, 2.24) is 9.88 Å². The predicted octanol–water partition coefficient (Wildman–Crippen LogP) is 1.64. The van der Waals surface area contributed by atoms with Gasteiger partial charge in [-0.25, -0.2) is 0 Å². The van der Waals surface area contributed by atoms with E-state index in [0.29, 0.717) is 13.2 Å². The fourth-order valence-corrected chi connectivity index (χ4v) is 3.58. The van der Waals surface area contributed by atoms with Crippen LogP contribution in [0.25, 0.3) is 0 Å². The van der Waals surface area contributed by atoms with Crippen LogP contribution in [-0.4, -0.2) is 61.9 Å². The van der Waals surface area contributed by atoms with Crippen LogP contribution < -0.4 is 0 Å². The molecule has 132 valence electrons. The average molecular weight is 334 g/mol. The lowest BCUT2D eigenvalue weighted by Crippen LogP contribution is -2.44. The number of rotatable bonds is 6. The molecule has 2 saturated heterocycles. The molecule has 0 aromatic carbocycles. The highest BCUT2D eigenvalue weighted by molar-refractivity contribution is 5.77. The number of aromatic nitrogens is 1. The Labute approximate surface area is 143 Å². The van der Waals surface area contributed by atoms with Crippen molar-refractivity contribution in [2.75, 3.05) is 40.0 Å². The molecule has 2 fully saturated rings. The zero-order valence-electron chi connectivity index (χ0n) is 14.3. The van der Waals surface area contributed by atoms with Gasteiger partial charge in [0.2, 0.25) is 5.91 Å². The maximum Gasteiger partial charge on any atom is 0.248 e. The van der Waals surface area contributed by atoms with Crippen molar-refractivity contribution >= 4 is 5.91 Å². The van der Waals surface area contributed by atoms with Crippen molar-refractivity contribution in [1.29, 1.82) is 0 Å². The Hall–Kier alpha value is -1.50. The molecular weight excluding hydrogens is 308 g/mol. The SMILES string of the molecule is COCC(=O)N1CCC2(CC1)COC(COCc1ccncc1)C2. The molecule has 1 aromatic heterocycles. The molecule has 0 radical (unpaired) electrons. The molecule has 3 heterocycles. The molecule has 0 N–H and O–H groups in total. The number of likely N-dealkylation sites (tertiary alicyclic amines) is 1. The van der Waals surface area contributed by atoms with Gasteiger partial charge in [0.1, 0.15) is 6.61 Å². The van der Waals surface area contributed by atoms with E-state index in [-0.39, 0.29) is 24.0 Å². The van der Waals surface area contributed by atoms with Crippen molar-refractivity contribution in [2.45, 2.75) is 32.0 Å². The minimum absolute atomic E-state index is 0.0866. The van der Waals surface area contributed by atoms with Gasteiger partial charge in [-0.2, -0.15) is 0 Å². The van der Waals surface area contributed by atoms with Crippen LogP contribution in [0.3, 0.4) is 0 Å². The first-order chi connectivity index (χ1) is 11.7. The summed E-state index contributed by atoms with van der Waals surface area (Å²) in [5, 5.41) is 0. The van der Waals surface area contributed by atoms with E-state index in [1.807, 2.05) is 17.0 Å². The molecule has 1 unspecified atom stereocenters. The second-order valence-electron chi connectivity index (χ2n) is 6.82. The highest BCUT2D eigenvalue weighted by atomic mass is 16.5. The van der Waals surface area contributed by atoms with Crippen molar-refractivity contribution in [2.24, 2.45) is 5.41 Å². The van der Waals surface area contributed by atoms with E-state index in [1.54, 1.807) is 19.5 Å². The molecule has 0 saturated carbocycles. The summed E-state index contributed by atoms with van der Waals surface area (Å²) in [6.07, 6.45) is 6.74. The normalized spacial score (nSPS) is 22.9. The van der Waals surface area contributed by atoms with Crippen LogP contribution in [0.2, 0.25) is 0 Å². The molecule has 3 rings (SSSR count). The molecule has 1 atom stereocenters. The average Bonchev–Trinajstić information content (AvgIpc) is 2.99. The maximum absolute atomic E-state index is 11.9. The molecule has 0 bridgehead atoms. The number of methoxy groups -OCH3 is 1. The molecule has 1 aromatic rings. The van der Waals surface area contributed by atoms with E-state index in [1.165, 1.54) is 0 Å². The molecular formula is C18H26N2O4. The number of amides is 1. The summed E-state index contributed by atoms with van der Waals surface area (Å²) in [4.78, 5) is 17.8. The van der Waals surface area contributed by atoms with E-state index in [9.17, 15) is 4.79 Å². The summed E-state index contributed by atoms with van der Waals surface area (Å²) in [7, 11) is 1.56. The van der Waals surface area contributed by atoms with E-state index in [2.05, 4.69) is 4.98 Å². The Bertz CT molecular complexity index is 529. The highest BCUT2D eigenvalue weighted by Crippen LogP contribution is 2.42. The van der Waals surface area contributed by atoms with Crippen molar-refractivity contribution in [3.05, 3.63) is 30.1 Å². The van der Waals surface area contributed by atoms with Crippen LogP contribution in [0.4, 0.5) is 0 Å². The second-order valence-corrected chi connectivity index (χ2v) is 6.82. The first kappa shape index (κ1) is 17.3. The third kappa shape index (κ3) is 4.32. The zero-order valence-corrected chi connectivity index (χ0v) is 14.3. The fourth-order valence-electron chi connectivity index (χ4n) is 3.58. The highest BCUT2D eigenvalue weighted by Gasteiger charge is 2.43. The minimum Gasteiger partial charge on any atom is -0.375 e. The van der Waals surface area contributed by atoms with Crippen LogP contribution in [0.1, 0.15) is 24.8 Å². The van der Waals surface area contributed by atoms with Gasteiger partial charge in [0.25, 0.3) is 0 Å². The summed E-state index contributed by atoms with van der Waals surface area (Å²) in [5.41, 5.74) is 1.34. The van der Waals surface area contributed by atoms with Gasteiger partial charge in [-0.1, -0.05) is 0 Å². The third-order valence-electron chi connectivity index (χ3n) is 5.05. The van der Waals surface area contributed by atoms with Crippen LogP contribution in [-0.2, 0) is 25.6 Å². The summed E-state index contributed by atoms with van der Waals surface area (Å²) in [6.45, 7) is 3.77. The van der Waals surface area contributed by atoms with Crippen molar-refractivity contribution < 1.29 is 19.0 Å². The Morgan fingerprint density at radius 1 is 1.38 bits per heavy atom. The molecule has 6 heteroatoms. The summed E-state index contributed by atoms with van der Waals surface area (Å²) in [6, 6.07) is 3.92. The third-order valence-corrected chi connectivity index (χ3v) is 5.05. The maximum atomic E-state index is 11.9. The zero-order chi connectivity index (χ0) is 16.8. The van der Waals surface area contributed by atoms with Gasteiger partial charge in [0.15, 0.2) is 0 Å². The topological polar surface area (TPSA) is 60.9 Å². The molecule has 0 aliphatic carbocycles. The number of hydrogen-bond acceptors (Lipinski definition) is 5. The van der Waals surface area contributed by atoms with Crippen LogP contribution in [0.5, 0.6) is 0 Å². The van der Waals surface area contributed by atoms with Gasteiger partial charge in [0.05, 0.1) is 25.9 Å². The van der Waals surface area contributed by atoms with Crippen LogP contribution >= 0.6 is 0 Å².